The van der Waals surface area contributed by atoms with Crippen LogP contribution in [0.4, 0.5) is 34.1 Å². The van der Waals surface area contributed by atoms with Crippen LogP contribution in [0.1, 0.15) is 25.5 Å². The van der Waals surface area contributed by atoms with Gasteiger partial charge >= 0.3 is 12.5 Å². The van der Waals surface area contributed by atoms with Crippen LogP contribution in [0.5, 0.6) is 5.75 Å². The number of amides is 1. The van der Waals surface area contributed by atoms with Gasteiger partial charge in [0.15, 0.2) is 11.6 Å². The van der Waals surface area contributed by atoms with Gasteiger partial charge in [-0.15, -0.1) is 13.2 Å². The Morgan fingerprint density at radius 1 is 1.30 bits per heavy atom. The Labute approximate surface area is 168 Å². The van der Waals surface area contributed by atoms with Gasteiger partial charge in [-0.05, 0) is 31.5 Å². The van der Waals surface area contributed by atoms with Crippen molar-refractivity contribution in [1.82, 2.24) is 9.97 Å². The van der Waals surface area contributed by atoms with Gasteiger partial charge in [0.2, 0.25) is 5.95 Å². The lowest BCUT2D eigenvalue weighted by Crippen LogP contribution is -2.42. The molecule has 3 atom stereocenters. The molecule has 30 heavy (non-hydrogen) atoms. The molecule has 1 fully saturated rings. The summed E-state index contributed by atoms with van der Waals surface area (Å²) in [4.78, 5) is 20.7. The van der Waals surface area contributed by atoms with E-state index in [1.165, 1.54) is 19.1 Å². The Morgan fingerprint density at radius 3 is 2.57 bits per heavy atom. The SMILES string of the molecule is C[C@H](Nc1ncc(F)c(N2C(=O)OCC2[C@@H](C)O)n1)c1ccc(OC(F)(F)F)cc1. The van der Waals surface area contributed by atoms with Crippen LogP contribution in [0.2, 0.25) is 0 Å². The molecule has 3 rings (SSSR count). The van der Waals surface area contributed by atoms with E-state index in [2.05, 4.69) is 20.0 Å². The zero-order valence-electron chi connectivity index (χ0n) is 15.9. The Kier molecular flexibility index (Phi) is 5.97. The van der Waals surface area contributed by atoms with Gasteiger partial charge < -0.3 is 19.9 Å². The average molecular weight is 430 g/mol. The number of aromatic nitrogens is 2. The number of nitrogens with one attached hydrogen (secondary N) is 1. The van der Waals surface area contributed by atoms with Crippen LogP contribution < -0.4 is 15.0 Å². The highest BCUT2D eigenvalue weighted by Gasteiger charge is 2.40. The minimum Gasteiger partial charge on any atom is -0.447 e. The van der Waals surface area contributed by atoms with E-state index in [1.54, 1.807) is 6.92 Å². The molecule has 1 aliphatic heterocycles. The molecule has 0 radical (unpaired) electrons. The third-order valence-corrected chi connectivity index (χ3v) is 4.38. The Balaban J connectivity index is 1.77. The molecule has 1 aromatic carbocycles. The van der Waals surface area contributed by atoms with Crippen LogP contribution in [0.3, 0.4) is 0 Å². The second-order valence-electron chi connectivity index (χ2n) is 6.60. The molecule has 1 unspecified atom stereocenters. The fourth-order valence-electron chi connectivity index (χ4n) is 2.87. The zero-order chi connectivity index (χ0) is 22.1. The minimum atomic E-state index is -4.79. The molecule has 1 saturated heterocycles. The first-order valence-electron chi connectivity index (χ1n) is 8.84. The molecule has 8 nitrogen and oxygen atoms in total. The van der Waals surface area contributed by atoms with Crippen molar-refractivity contribution in [2.75, 3.05) is 16.8 Å². The second-order valence-corrected chi connectivity index (χ2v) is 6.60. The van der Waals surface area contributed by atoms with Gasteiger partial charge in [-0.25, -0.2) is 19.1 Å². The molecular formula is C18H18F4N4O4. The van der Waals surface area contributed by atoms with Crippen molar-refractivity contribution in [2.45, 2.75) is 38.4 Å². The molecule has 0 spiro atoms. The minimum absolute atomic E-state index is 0.0291. The van der Waals surface area contributed by atoms with Crippen molar-refractivity contribution in [1.29, 1.82) is 0 Å². The van der Waals surface area contributed by atoms with Crippen molar-refractivity contribution in [3.8, 4) is 5.75 Å². The van der Waals surface area contributed by atoms with Crippen molar-refractivity contribution < 1.29 is 36.9 Å². The van der Waals surface area contributed by atoms with Gasteiger partial charge in [0, 0.05) is 0 Å². The van der Waals surface area contributed by atoms with E-state index < -0.39 is 36.5 Å². The van der Waals surface area contributed by atoms with Gasteiger partial charge in [-0.2, -0.15) is 4.98 Å². The number of carbonyl (C=O) groups excluding carboxylic acids is 1. The highest BCUT2D eigenvalue weighted by Crippen LogP contribution is 2.28. The summed E-state index contributed by atoms with van der Waals surface area (Å²) in [7, 11) is 0. The fourth-order valence-corrected chi connectivity index (χ4v) is 2.87. The first-order valence-corrected chi connectivity index (χ1v) is 8.84. The monoisotopic (exact) mass is 430 g/mol. The van der Waals surface area contributed by atoms with E-state index in [4.69, 9.17) is 4.74 Å². The van der Waals surface area contributed by atoms with Gasteiger partial charge in [0.25, 0.3) is 0 Å². The number of carbonyl (C=O) groups is 1. The van der Waals surface area contributed by atoms with Crippen molar-refractivity contribution in [3.05, 3.63) is 41.8 Å². The van der Waals surface area contributed by atoms with Crippen LogP contribution in [-0.4, -0.2) is 46.3 Å². The number of hydrogen-bond donors (Lipinski definition) is 2. The lowest BCUT2D eigenvalue weighted by atomic mass is 10.1. The van der Waals surface area contributed by atoms with E-state index in [-0.39, 0.29) is 24.1 Å². The highest BCUT2D eigenvalue weighted by atomic mass is 19.4. The van der Waals surface area contributed by atoms with E-state index in [0.717, 1.165) is 23.2 Å². The number of aliphatic hydroxyl groups is 1. The summed E-state index contributed by atoms with van der Waals surface area (Å²) in [5.74, 6) is -1.64. The molecule has 162 valence electrons. The third-order valence-electron chi connectivity index (χ3n) is 4.38. The largest absolute Gasteiger partial charge is 0.573 e. The van der Waals surface area contributed by atoms with Crippen LogP contribution in [0.15, 0.2) is 30.5 Å². The number of hydrogen-bond acceptors (Lipinski definition) is 7. The van der Waals surface area contributed by atoms with Crippen LogP contribution >= 0.6 is 0 Å². The summed E-state index contributed by atoms with van der Waals surface area (Å²) in [6.07, 6.45) is -5.76. The van der Waals surface area contributed by atoms with Crippen LogP contribution in [0.25, 0.3) is 0 Å². The lowest BCUT2D eigenvalue weighted by Gasteiger charge is -2.23. The quantitative estimate of drug-likeness (QED) is 0.678. The summed E-state index contributed by atoms with van der Waals surface area (Å²) in [5.41, 5.74) is 0.585. The molecule has 1 aromatic heterocycles. The Bertz CT molecular complexity index is 908. The zero-order valence-corrected chi connectivity index (χ0v) is 15.9. The van der Waals surface area contributed by atoms with Gasteiger partial charge in [0.1, 0.15) is 18.4 Å². The predicted octanol–water partition coefficient (Wildman–Crippen LogP) is 3.39. The summed E-state index contributed by atoms with van der Waals surface area (Å²) in [5, 5.41) is 12.7. The fraction of sp³-hybridized carbons (Fsp3) is 0.389. The third kappa shape index (κ3) is 4.87. The predicted molar refractivity (Wildman–Crippen MR) is 96.4 cm³/mol. The van der Waals surface area contributed by atoms with Crippen LogP contribution in [0, 0.1) is 5.82 Å². The number of benzene rings is 1. The Hall–Kier alpha value is -3.15. The topological polar surface area (TPSA) is 96.8 Å². The number of cyclic esters (lactones) is 1. The van der Waals surface area contributed by atoms with E-state index in [0.29, 0.717) is 5.56 Å². The molecule has 1 amide bonds. The lowest BCUT2D eigenvalue weighted by molar-refractivity contribution is -0.274. The van der Waals surface area contributed by atoms with Crippen LogP contribution in [-0.2, 0) is 4.74 Å². The average Bonchev–Trinajstić information content (AvgIpc) is 3.04. The summed E-state index contributed by atoms with van der Waals surface area (Å²) >= 11 is 0. The summed E-state index contributed by atoms with van der Waals surface area (Å²) in [6.45, 7) is 3.01. The maximum Gasteiger partial charge on any atom is 0.573 e. The maximum absolute atomic E-state index is 14.3. The molecule has 2 N–H and O–H groups in total. The van der Waals surface area contributed by atoms with Crippen molar-refractivity contribution in [3.63, 3.8) is 0 Å². The number of rotatable bonds is 6. The first-order chi connectivity index (χ1) is 14.0. The van der Waals surface area contributed by atoms with E-state index in [1.807, 2.05) is 0 Å². The number of nitrogens with zero attached hydrogens (tertiary/aromatic N) is 3. The number of alkyl halides is 3. The standard InChI is InChI=1S/C18H18F4N4O4/c1-9(11-3-5-12(6-4-11)30-18(20,21)22)24-16-23-7-13(19)15(25-16)26-14(10(2)27)8-29-17(26)28/h3-7,9-10,14,27H,8H2,1-2H3,(H,23,24,25)/t9-,10+,14?/m0/s1. The summed E-state index contributed by atoms with van der Waals surface area (Å²) < 4.78 is 59.7. The van der Waals surface area contributed by atoms with E-state index >= 15 is 0 Å². The van der Waals surface area contributed by atoms with Gasteiger partial charge in [0.05, 0.1) is 18.3 Å². The van der Waals surface area contributed by atoms with Gasteiger partial charge in [-0.1, -0.05) is 12.1 Å². The first kappa shape index (κ1) is 21.6. The van der Waals surface area contributed by atoms with E-state index in [9.17, 15) is 27.5 Å². The van der Waals surface area contributed by atoms with Gasteiger partial charge in [-0.3, -0.25) is 0 Å². The molecule has 1 aliphatic rings. The van der Waals surface area contributed by atoms with Crippen molar-refractivity contribution >= 4 is 17.9 Å². The number of ether oxygens (including phenoxy) is 2. The Morgan fingerprint density at radius 2 is 1.97 bits per heavy atom. The maximum atomic E-state index is 14.3. The molecule has 2 aromatic rings. The highest BCUT2D eigenvalue weighted by molar-refractivity contribution is 5.89. The number of aliphatic hydroxyl groups excluding tert-OH is 1. The molecule has 0 saturated carbocycles. The van der Waals surface area contributed by atoms with Crippen molar-refractivity contribution in [2.24, 2.45) is 0 Å². The number of anilines is 2. The normalized spacial score (nSPS) is 18.7. The molecule has 0 bridgehead atoms. The molecule has 2 heterocycles. The molecule has 0 aliphatic carbocycles. The number of halogens is 4. The summed E-state index contributed by atoms with van der Waals surface area (Å²) in [6, 6.07) is 3.88. The molecule has 12 heteroatoms. The molecular weight excluding hydrogens is 412 g/mol. The second kappa shape index (κ2) is 8.30. The smallest absolute Gasteiger partial charge is 0.447 e.